The lowest BCUT2D eigenvalue weighted by atomic mass is 9.97. The van der Waals surface area contributed by atoms with Gasteiger partial charge < -0.3 is 20.1 Å². The van der Waals surface area contributed by atoms with Gasteiger partial charge in [0.1, 0.15) is 12.6 Å². The van der Waals surface area contributed by atoms with E-state index in [-0.39, 0.29) is 30.4 Å². The van der Waals surface area contributed by atoms with Crippen molar-refractivity contribution in [2.75, 3.05) is 13.2 Å². The summed E-state index contributed by atoms with van der Waals surface area (Å²) < 4.78 is 5.66. The van der Waals surface area contributed by atoms with Gasteiger partial charge in [-0.15, -0.1) is 0 Å². The summed E-state index contributed by atoms with van der Waals surface area (Å²) >= 11 is 0. The maximum Gasteiger partial charge on any atom is 0.407 e. The number of hydrogen-bond donors (Lipinski definition) is 2. The number of hydrogen-bond acceptors (Lipinski definition) is 4. The van der Waals surface area contributed by atoms with Crippen molar-refractivity contribution in [1.29, 1.82) is 0 Å². The average molecular weight is 479 g/mol. The van der Waals surface area contributed by atoms with Crippen LogP contribution in [0.1, 0.15) is 57.1 Å². The van der Waals surface area contributed by atoms with E-state index < -0.39 is 24.0 Å². The van der Waals surface area contributed by atoms with Crippen molar-refractivity contribution in [1.82, 2.24) is 10.2 Å². The van der Waals surface area contributed by atoms with Crippen molar-refractivity contribution < 1.29 is 24.2 Å². The van der Waals surface area contributed by atoms with Gasteiger partial charge >= 0.3 is 12.1 Å². The maximum absolute atomic E-state index is 13.4. The Hall–Kier alpha value is -3.35. The molecular formula is C28H34N2O5. The van der Waals surface area contributed by atoms with Crippen molar-refractivity contribution in [3.63, 3.8) is 0 Å². The second-order valence-electron chi connectivity index (χ2n) is 9.89. The van der Waals surface area contributed by atoms with Crippen LogP contribution in [0.3, 0.4) is 0 Å². The second kappa shape index (κ2) is 10.5. The van der Waals surface area contributed by atoms with E-state index >= 15 is 0 Å². The van der Waals surface area contributed by atoms with Crippen LogP contribution >= 0.6 is 0 Å². The van der Waals surface area contributed by atoms with Crippen LogP contribution in [0.2, 0.25) is 0 Å². The van der Waals surface area contributed by atoms with Crippen LogP contribution < -0.4 is 5.32 Å². The van der Waals surface area contributed by atoms with Crippen LogP contribution in [0, 0.1) is 11.8 Å². The predicted molar refractivity (Wildman–Crippen MR) is 133 cm³/mol. The van der Waals surface area contributed by atoms with Gasteiger partial charge in [0.2, 0.25) is 5.91 Å². The monoisotopic (exact) mass is 478 g/mol. The Kier molecular flexibility index (Phi) is 7.43. The van der Waals surface area contributed by atoms with Gasteiger partial charge in [-0.2, -0.15) is 0 Å². The molecule has 0 bridgehead atoms. The molecule has 0 radical (unpaired) electrons. The molecule has 1 saturated heterocycles. The van der Waals surface area contributed by atoms with Gasteiger partial charge in [0.15, 0.2) is 0 Å². The highest BCUT2D eigenvalue weighted by Gasteiger charge is 2.42. The van der Waals surface area contributed by atoms with Crippen LogP contribution in [0.5, 0.6) is 0 Å². The lowest BCUT2D eigenvalue weighted by Crippen LogP contribution is -2.51. The van der Waals surface area contributed by atoms with Gasteiger partial charge in [0.25, 0.3) is 0 Å². The summed E-state index contributed by atoms with van der Waals surface area (Å²) in [6.07, 6.45) is 0.808. The third-order valence-corrected chi connectivity index (χ3v) is 7.21. The van der Waals surface area contributed by atoms with E-state index in [2.05, 4.69) is 29.6 Å². The lowest BCUT2D eigenvalue weighted by molar-refractivity contribution is -0.143. The highest BCUT2D eigenvalue weighted by molar-refractivity contribution is 5.87. The molecule has 186 valence electrons. The first-order valence-electron chi connectivity index (χ1n) is 12.5. The van der Waals surface area contributed by atoms with E-state index in [1.807, 2.05) is 45.0 Å². The van der Waals surface area contributed by atoms with Crippen molar-refractivity contribution in [2.24, 2.45) is 11.8 Å². The molecule has 1 aliphatic carbocycles. The molecule has 2 aromatic rings. The molecule has 7 heteroatoms. The van der Waals surface area contributed by atoms with Gasteiger partial charge in [-0.3, -0.25) is 9.59 Å². The third kappa shape index (κ3) is 5.04. The number of carbonyl (C=O) groups is 3. The molecule has 2 N–H and O–H groups in total. The summed E-state index contributed by atoms with van der Waals surface area (Å²) in [5.41, 5.74) is 4.55. The molecule has 1 heterocycles. The van der Waals surface area contributed by atoms with E-state index in [9.17, 15) is 19.5 Å². The zero-order valence-corrected chi connectivity index (χ0v) is 20.6. The Morgan fingerprint density at radius 1 is 1.06 bits per heavy atom. The molecule has 1 fully saturated rings. The van der Waals surface area contributed by atoms with E-state index in [1.54, 1.807) is 4.90 Å². The zero-order valence-electron chi connectivity index (χ0n) is 20.6. The number of fused-ring (bicyclic) bond motifs is 3. The number of nitrogens with one attached hydrogen (secondary N) is 1. The number of aliphatic carboxylic acids is 1. The molecule has 35 heavy (non-hydrogen) atoms. The number of carboxylic acids is 1. The van der Waals surface area contributed by atoms with E-state index in [1.165, 1.54) is 0 Å². The fourth-order valence-corrected chi connectivity index (χ4v) is 5.60. The summed E-state index contributed by atoms with van der Waals surface area (Å²) in [5, 5.41) is 12.3. The number of carbonyl (C=O) groups excluding carboxylic acids is 2. The summed E-state index contributed by atoms with van der Waals surface area (Å²) in [6.45, 7) is 6.42. The molecule has 1 aliphatic heterocycles. The average Bonchev–Trinajstić information content (AvgIpc) is 3.41. The minimum absolute atomic E-state index is 0.0632. The van der Waals surface area contributed by atoms with Gasteiger partial charge in [0.05, 0.1) is 5.92 Å². The molecule has 2 unspecified atom stereocenters. The molecule has 2 aliphatic rings. The standard InChI is InChI=1S/C28H34N2O5/c1-4-25-22(27(32)33)13-14-30(25)26(31)24(15-17(2)3)29-28(34)35-16-23-20-11-7-5-9-18(20)19-10-6-8-12-21(19)23/h5-12,17,22-25H,4,13-16H2,1-3H3,(H,29,34)(H,32,33)/t22?,24-,25?/m1/s1. The van der Waals surface area contributed by atoms with Crippen molar-refractivity contribution in [3.8, 4) is 11.1 Å². The van der Waals surface area contributed by atoms with Gasteiger partial charge in [-0.05, 0) is 47.4 Å². The normalized spacial score (nSPS) is 19.8. The zero-order chi connectivity index (χ0) is 25.1. The number of carboxylic acid groups (broad SMARTS) is 1. The van der Waals surface area contributed by atoms with Crippen LogP contribution in [0.4, 0.5) is 4.79 Å². The van der Waals surface area contributed by atoms with Crippen molar-refractivity contribution >= 4 is 18.0 Å². The SMILES string of the molecule is CCC1C(C(=O)O)CCN1C(=O)[C@@H](CC(C)C)NC(=O)OCC1c2ccccc2-c2ccccc21. The Balaban J connectivity index is 1.44. The first kappa shape index (κ1) is 24.8. The topological polar surface area (TPSA) is 95.9 Å². The van der Waals surface area contributed by atoms with Crippen molar-refractivity contribution in [2.45, 2.75) is 58.0 Å². The lowest BCUT2D eigenvalue weighted by Gasteiger charge is -2.30. The number of benzene rings is 2. The first-order chi connectivity index (χ1) is 16.8. The minimum atomic E-state index is -0.878. The van der Waals surface area contributed by atoms with Gasteiger partial charge in [-0.25, -0.2) is 4.79 Å². The summed E-state index contributed by atoms with van der Waals surface area (Å²) in [7, 11) is 0. The fraction of sp³-hybridized carbons (Fsp3) is 0.464. The number of alkyl carbamates (subject to hydrolysis) is 1. The van der Waals surface area contributed by atoms with Crippen LogP contribution in [-0.2, 0) is 14.3 Å². The first-order valence-corrected chi connectivity index (χ1v) is 12.5. The highest BCUT2D eigenvalue weighted by atomic mass is 16.5. The third-order valence-electron chi connectivity index (χ3n) is 7.21. The molecule has 2 aromatic carbocycles. The minimum Gasteiger partial charge on any atom is -0.481 e. The highest BCUT2D eigenvalue weighted by Crippen LogP contribution is 2.44. The number of ether oxygens (including phenoxy) is 1. The number of amides is 2. The molecule has 2 amide bonds. The molecule has 7 nitrogen and oxygen atoms in total. The van der Waals surface area contributed by atoms with E-state index in [4.69, 9.17) is 4.74 Å². The maximum atomic E-state index is 13.4. The van der Waals surface area contributed by atoms with Crippen molar-refractivity contribution in [3.05, 3.63) is 59.7 Å². The van der Waals surface area contributed by atoms with Crippen LogP contribution in [-0.4, -0.2) is 53.2 Å². The Labute approximate surface area is 206 Å². The summed E-state index contributed by atoms with van der Waals surface area (Å²) in [6, 6.07) is 15.1. The van der Waals surface area contributed by atoms with E-state index in [0.717, 1.165) is 22.3 Å². The summed E-state index contributed by atoms with van der Waals surface area (Å²) in [4.78, 5) is 39.5. The Morgan fingerprint density at radius 3 is 2.20 bits per heavy atom. The van der Waals surface area contributed by atoms with Crippen LogP contribution in [0.25, 0.3) is 11.1 Å². The second-order valence-corrected chi connectivity index (χ2v) is 9.89. The smallest absolute Gasteiger partial charge is 0.407 e. The number of rotatable bonds is 8. The number of nitrogens with zero attached hydrogens (tertiary/aromatic N) is 1. The fourth-order valence-electron chi connectivity index (χ4n) is 5.60. The Bertz CT molecular complexity index is 1050. The van der Waals surface area contributed by atoms with Crippen LogP contribution in [0.15, 0.2) is 48.5 Å². The molecular weight excluding hydrogens is 444 g/mol. The van der Waals surface area contributed by atoms with E-state index in [0.29, 0.717) is 25.8 Å². The molecule has 3 atom stereocenters. The van der Waals surface area contributed by atoms with Gasteiger partial charge in [-0.1, -0.05) is 69.3 Å². The Morgan fingerprint density at radius 2 is 1.66 bits per heavy atom. The predicted octanol–water partition coefficient (Wildman–Crippen LogP) is 4.65. The summed E-state index contributed by atoms with van der Waals surface area (Å²) in [5.74, 6) is -1.58. The molecule has 0 saturated carbocycles. The molecule has 0 spiro atoms. The molecule has 4 rings (SSSR count). The van der Waals surface area contributed by atoms with Gasteiger partial charge in [0, 0.05) is 18.5 Å². The molecule has 0 aromatic heterocycles. The number of likely N-dealkylation sites (tertiary alicyclic amines) is 1. The largest absolute Gasteiger partial charge is 0.481 e. The quantitative estimate of drug-likeness (QED) is 0.576.